The molecule has 1 N–H and O–H groups in total. The maximum Gasteiger partial charge on any atom is 0.263 e. The van der Waals surface area contributed by atoms with E-state index in [1.54, 1.807) is 6.20 Å². The molecule has 0 atom stereocenters. The molecule has 0 unspecified atom stereocenters. The minimum Gasteiger partial charge on any atom is -0.346 e. The van der Waals surface area contributed by atoms with E-state index in [-0.39, 0.29) is 11.4 Å². The Labute approximate surface area is 132 Å². The molecule has 0 radical (unpaired) electrons. The number of amides is 1. The Morgan fingerprint density at radius 3 is 2.75 bits per heavy atom. The lowest BCUT2D eigenvalue weighted by Gasteiger charge is -2.25. The van der Waals surface area contributed by atoms with Gasteiger partial charge in [0, 0.05) is 5.54 Å². The number of nitrogens with zero attached hydrogens (tertiary/aromatic N) is 1. The summed E-state index contributed by atoms with van der Waals surface area (Å²) in [7, 11) is 0. The lowest BCUT2D eigenvalue weighted by Crippen LogP contribution is -2.42. The standard InChI is InChI=1S/C14H17ClN2OS2/c1-4-7-14(2,3)17-12(18)10-8-16-13(20-10)9-5-6-11(15)19-9/h5-6,8H,4,7H2,1-3H3,(H,17,18). The predicted octanol–water partition coefficient (Wildman–Crippen LogP) is 4.83. The van der Waals surface area contributed by atoms with Crippen molar-refractivity contribution >= 4 is 40.2 Å². The fraction of sp³-hybridized carbons (Fsp3) is 0.429. The molecule has 2 rings (SSSR count). The summed E-state index contributed by atoms with van der Waals surface area (Å²) < 4.78 is 0.727. The lowest BCUT2D eigenvalue weighted by molar-refractivity contribution is 0.0913. The molecule has 2 heterocycles. The summed E-state index contributed by atoms with van der Waals surface area (Å²) in [6, 6.07) is 3.77. The van der Waals surface area contributed by atoms with Crippen LogP contribution in [0.15, 0.2) is 18.3 Å². The van der Waals surface area contributed by atoms with Crippen LogP contribution < -0.4 is 5.32 Å². The normalized spacial score (nSPS) is 11.6. The van der Waals surface area contributed by atoms with Gasteiger partial charge in [-0.05, 0) is 32.4 Å². The number of thiazole rings is 1. The molecule has 0 aliphatic heterocycles. The van der Waals surface area contributed by atoms with Crippen LogP contribution >= 0.6 is 34.3 Å². The van der Waals surface area contributed by atoms with E-state index in [9.17, 15) is 4.79 Å². The Kier molecular flexibility index (Phi) is 4.83. The van der Waals surface area contributed by atoms with Crippen LogP contribution in [0.4, 0.5) is 0 Å². The largest absolute Gasteiger partial charge is 0.346 e. The first-order chi connectivity index (χ1) is 9.41. The fourth-order valence-corrected chi connectivity index (χ4v) is 3.89. The number of hydrogen-bond acceptors (Lipinski definition) is 4. The van der Waals surface area contributed by atoms with Gasteiger partial charge in [0.2, 0.25) is 0 Å². The topological polar surface area (TPSA) is 42.0 Å². The molecule has 2 aromatic rings. The Bertz CT molecular complexity index is 604. The van der Waals surface area contributed by atoms with Crippen molar-refractivity contribution in [3.63, 3.8) is 0 Å². The molecule has 0 fully saturated rings. The van der Waals surface area contributed by atoms with E-state index in [1.165, 1.54) is 22.7 Å². The van der Waals surface area contributed by atoms with Crippen molar-refractivity contribution in [1.82, 2.24) is 10.3 Å². The Morgan fingerprint density at radius 1 is 1.40 bits per heavy atom. The van der Waals surface area contributed by atoms with Gasteiger partial charge >= 0.3 is 0 Å². The van der Waals surface area contributed by atoms with Crippen molar-refractivity contribution in [3.05, 3.63) is 27.5 Å². The Balaban J connectivity index is 2.11. The number of halogens is 1. The SMILES string of the molecule is CCCC(C)(C)NC(=O)c1cnc(-c2ccc(Cl)s2)s1. The third kappa shape index (κ3) is 3.81. The molecule has 0 bridgehead atoms. The number of carbonyl (C=O) groups is 1. The molecule has 0 aliphatic rings. The molecule has 2 aromatic heterocycles. The van der Waals surface area contributed by atoms with Crippen LogP contribution in [0, 0.1) is 0 Å². The highest BCUT2D eigenvalue weighted by atomic mass is 35.5. The number of thiophene rings is 1. The zero-order valence-corrected chi connectivity index (χ0v) is 14.1. The molecule has 20 heavy (non-hydrogen) atoms. The van der Waals surface area contributed by atoms with E-state index in [0.717, 1.165) is 27.1 Å². The molecular weight excluding hydrogens is 312 g/mol. The minimum atomic E-state index is -0.192. The van der Waals surface area contributed by atoms with Crippen molar-refractivity contribution in [2.75, 3.05) is 0 Å². The second-order valence-electron chi connectivity index (χ2n) is 5.22. The van der Waals surface area contributed by atoms with E-state index < -0.39 is 0 Å². The monoisotopic (exact) mass is 328 g/mol. The number of carbonyl (C=O) groups excluding carboxylic acids is 1. The van der Waals surface area contributed by atoms with Crippen molar-refractivity contribution in [3.8, 4) is 9.88 Å². The molecule has 1 amide bonds. The number of rotatable bonds is 5. The fourth-order valence-electron chi connectivity index (χ4n) is 1.98. The first kappa shape index (κ1) is 15.5. The molecule has 6 heteroatoms. The molecule has 3 nitrogen and oxygen atoms in total. The van der Waals surface area contributed by atoms with Gasteiger partial charge < -0.3 is 5.32 Å². The highest BCUT2D eigenvalue weighted by Crippen LogP contribution is 2.33. The number of hydrogen-bond donors (Lipinski definition) is 1. The van der Waals surface area contributed by atoms with E-state index >= 15 is 0 Å². The quantitative estimate of drug-likeness (QED) is 0.853. The maximum absolute atomic E-state index is 12.2. The first-order valence-electron chi connectivity index (χ1n) is 6.45. The summed E-state index contributed by atoms with van der Waals surface area (Å²) in [4.78, 5) is 18.2. The van der Waals surface area contributed by atoms with Gasteiger partial charge in [0.15, 0.2) is 0 Å². The Hall–Kier alpha value is -0.910. The molecular formula is C14H17ClN2OS2. The van der Waals surface area contributed by atoms with E-state index in [4.69, 9.17) is 11.6 Å². The summed E-state index contributed by atoms with van der Waals surface area (Å²) >= 11 is 8.78. The van der Waals surface area contributed by atoms with Crippen LogP contribution in [0.1, 0.15) is 43.3 Å². The predicted molar refractivity (Wildman–Crippen MR) is 86.9 cm³/mol. The van der Waals surface area contributed by atoms with Crippen LogP contribution in [-0.4, -0.2) is 16.4 Å². The molecule has 0 saturated heterocycles. The van der Waals surface area contributed by atoms with Gasteiger partial charge in [0.05, 0.1) is 15.4 Å². The molecule has 108 valence electrons. The smallest absolute Gasteiger partial charge is 0.263 e. The zero-order chi connectivity index (χ0) is 14.8. The minimum absolute atomic E-state index is 0.0603. The zero-order valence-electron chi connectivity index (χ0n) is 11.7. The van der Waals surface area contributed by atoms with Crippen LogP contribution in [-0.2, 0) is 0 Å². The molecule has 0 aromatic carbocycles. The maximum atomic E-state index is 12.2. The van der Waals surface area contributed by atoms with E-state index in [1.807, 2.05) is 26.0 Å². The second-order valence-corrected chi connectivity index (χ2v) is 7.97. The van der Waals surface area contributed by atoms with Crippen LogP contribution in [0.2, 0.25) is 4.34 Å². The molecule has 0 aliphatic carbocycles. The van der Waals surface area contributed by atoms with Crippen LogP contribution in [0.5, 0.6) is 0 Å². The summed E-state index contributed by atoms with van der Waals surface area (Å²) in [6.07, 6.45) is 3.62. The van der Waals surface area contributed by atoms with Gasteiger partial charge in [-0.1, -0.05) is 24.9 Å². The van der Waals surface area contributed by atoms with Crippen LogP contribution in [0.25, 0.3) is 9.88 Å². The van der Waals surface area contributed by atoms with Gasteiger partial charge in [0.1, 0.15) is 9.88 Å². The third-order valence-corrected chi connectivity index (χ3v) is 5.24. The van der Waals surface area contributed by atoms with E-state index in [0.29, 0.717) is 4.88 Å². The third-order valence-electron chi connectivity index (χ3n) is 2.84. The highest BCUT2D eigenvalue weighted by Gasteiger charge is 2.21. The number of nitrogens with one attached hydrogen (secondary N) is 1. The van der Waals surface area contributed by atoms with Crippen LogP contribution in [0.3, 0.4) is 0 Å². The highest BCUT2D eigenvalue weighted by molar-refractivity contribution is 7.24. The van der Waals surface area contributed by atoms with Gasteiger partial charge in [-0.25, -0.2) is 4.98 Å². The van der Waals surface area contributed by atoms with E-state index in [2.05, 4.69) is 17.2 Å². The summed E-state index contributed by atoms with van der Waals surface area (Å²) in [5.74, 6) is -0.0603. The lowest BCUT2D eigenvalue weighted by atomic mass is 9.99. The average Bonchev–Trinajstić information content (AvgIpc) is 2.96. The summed E-state index contributed by atoms with van der Waals surface area (Å²) in [6.45, 7) is 6.18. The van der Waals surface area contributed by atoms with Gasteiger partial charge in [-0.15, -0.1) is 22.7 Å². The first-order valence-corrected chi connectivity index (χ1v) is 8.46. The summed E-state index contributed by atoms with van der Waals surface area (Å²) in [5.41, 5.74) is -0.192. The second kappa shape index (κ2) is 6.24. The van der Waals surface area contributed by atoms with Gasteiger partial charge in [-0.3, -0.25) is 4.79 Å². The summed E-state index contributed by atoms with van der Waals surface area (Å²) in [5, 5.41) is 3.89. The van der Waals surface area contributed by atoms with Gasteiger partial charge in [0.25, 0.3) is 5.91 Å². The van der Waals surface area contributed by atoms with Crippen molar-refractivity contribution in [1.29, 1.82) is 0 Å². The van der Waals surface area contributed by atoms with Crippen molar-refractivity contribution < 1.29 is 4.79 Å². The average molecular weight is 329 g/mol. The molecule has 0 saturated carbocycles. The Morgan fingerprint density at radius 2 is 2.15 bits per heavy atom. The van der Waals surface area contributed by atoms with Gasteiger partial charge in [-0.2, -0.15) is 0 Å². The number of aromatic nitrogens is 1. The van der Waals surface area contributed by atoms with Crippen molar-refractivity contribution in [2.24, 2.45) is 0 Å². The molecule has 0 spiro atoms. The van der Waals surface area contributed by atoms with Crippen molar-refractivity contribution in [2.45, 2.75) is 39.2 Å².